The van der Waals surface area contributed by atoms with E-state index in [1.807, 2.05) is 20.8 Å². The average Bonchev–Trinajstić information content (AvgIpc) is 3.14. The van der Waals surface area contributed by atoms with Crippen LogP contribution in [0.1, 0.15) is 63.2 Å². The van der Waals surface area contributed by atoms with Crippen LogP contribution < -0.4 is 10.1 Å². The van der Waals surface area contributed by atoms with Crippen molar-refractivity contribution in [1.29, 1.82) is 0 Å². The molecule has 6 nitrogen and oxygen atoms in total. The third kappa shape index (κ3) is 5.45. The number of rotatable bonds is 9. The maximum atomic E-state index is 12.9. The fourth-order valence-electron chi connectivity index (χ4n) is 3.19. The van der Waals surface area contributed by atoms with Crippen molar-refractivity contribution in [2.75, 3.05) is 25.6 Å². The molecule has 1 aliphatic rings. The molecule has 6 heteroatoms. The monoisotopic (exact) mass is 377 g/mol. The first kappa shape index (κ1) is 21.2. The summed E-state index contributed by atoms with van der Waals surface area (Å²) < 4.78 is 16.5. The van der Waals surface area contributed by atoms with E-state index in [-0.39, 0.29) is 5.91 Å². The van der Waals surface area contributed by atoms with E-state index < -0.39 is 11.6 Å². The molecule has 1 N–H and O–H groups in total. The van der Waals surface area contributed by atoms with Gasteiger partial charge in [0.1, 0.15) is 16.9 Å². The standard InChI is InChI=1S/C21H31NO5/c1-5-12-27-21(10-6-7-11-21)20(24)22-16-8-9-18(26-14-15(2)3)17(13-16)19(23)25-4/h8-9,13,15H,5-7,10-12,14H2,1-4H3,(H,22,24). The van der Waals surface area contributed by atoms with Gasteiger partial charge in [-0.2, -0.15) is 0 Å². The summed E-state index contributed by atoms with van der Waals surface area (Å²) in [4.78, 5) is 25.0. The quantitative estimate of drug-likeness (QED) is 0.653. The van der Waals surface area contributed by atoms with Crippen molar-refractivity contribution in [1.82, 2.24) is 0 Å². The largest absolute Gasteiger partial charge is 0.492 e. The molecule has 1 saturated carbocycles. The Kier molecular flexibility index (Phi) is 7.66. The fraction of sp³-hybridized carbons (Fsp3) is 0.619. The van der Waals surface area contributed by atoms with Crippen LogP contribution in [0.2, 0.25) is 0 Å². The summed E-state index contributed by atoms with van der Waals surface area (Å²) in [6.45, 7) is 7.14. The Labute approximate surface area is 161 Å². The van der Waals surface area contributed by atoms with Gasteiger partial charge in [0.15, 0.2) is 0 Å². The fourth-order valence-corrected chi connectivity index (χ4v) is 3.19. The SMILES string of the molecule is CCCOC1(C(=O)Nc2ccc(OCC(C)C)c(C(=O)OC)c2)CCCC1. The molecule has 27 heavy (non-hydrogen) atoms. The summed E-state index contributed by atoms with van der Waals surface area (Å²) in [5.41, 5.74) is 0.0587. The van der Waals surface area contributed by atoms with Gasteiger partial charge in [-0.25, -0.2) is 4.79 Å². The number of hydrogen-bond acceptors (Lipinski definition) is 5. The van der Waals surface area contributed by atoms with Crippen molar-refractivity contribution in [2.24, 2.45) is 5.92 Å². The first-order valence-corrected chi connectivity index (χ1v) is 9.72. The highest BCUT2D eigenvalue weighted by molar-refractivity contribution is 5.99. The number of benzene rings is 1. The van der Waals surface area contributed by atoms with Crippen molar-refractivity contribution in [3.05, 3.63) is 23.8 Å². The van der Waals surface area contributed by atoms with E-state index in [0.717, 1.165) is 32.1 Å². The summed E-state index contributed by atoms with van der Waals surface area (Å²) in [5, 5.41) is 2.92. The van der Waals surface area contributed by atoms with Crippen LogP contribution in [0, 0.1) is 5.92 Å². The maximum absolute atomic E-state index is 12.9. The molecule has 0 saturated heterocycles. The maximum Gasteiger partial charge on any atom is 0.341 e. The zero-order valence-electron chi connectivity index (χ0n) is 16.8. The van der Waals surface area contributed by atoms with Gasteiger partial charge in [0.05, 0.1) is 13.7 Å². The van der Waals surface area contributed by atoms with Crippen LogP contribution in [0.25, 0.3) is 0 Å². The highest BCUT2D eigenvalue weighted by atomic mass is 16.5. The molecule has 1 aromatic rings. The second-order valence-corrected chi connectivity index (χ2v) is 7.41. The van der Waals surface area contributed by atoms with E-state index in [1.54, 1.807) is 18.2 Å². The number of carbonyl (C=O) groups is 2. The van der Waals surface area contributed by atoms with Gasteiger partial charge in [-0.05, 0) is 56.2 Å². The van der Waals surface area contributed by atoms with E-state index in [9.17, 15) is 9.59 Å². The molecule has 1 aliphatic carbocycles. The minimum atomic E-state index is -0.770. The Morgan fingerprint density at radius 1 is 1.22 bits per heavy atom. The van der Waals surface area contributed by atoms with E-state index in [2.05, 4.69) is 5.32 Å². The summed E-state index contributed by atoms with van der Waals surface area (Å²) in [6.07, 6.45) is 4.26. The second-order valence-electron chi connectivity index (χ2n) is 7.41. The van der Waals surface area contributed by atoms with E-state index in [0.29, 0.717) is 36.1 Å². The predicted molar refractivity (Wildman–Crippen MR) is 104 cm³/mol. The van der Waals surface area contributed by atoms with Crippen molar-refractivity contribution in [2.45, 2.75) is 58.5 Å². The van der Waals surface area contributed by atoms with Crippen LogP contribution in [-0.2, 0) is 14.3 Å². The van der Waals surface area contributed by atoms with Gasteiger partial charge >= 0.3 is 5.97 Å². The number of esters is 1. The lowest BCUT2D eigenvalue weighted by atomic mass is 10.0. The molecule has 0 heterocycles. The predicted octanol–water partition coefficient (Wildman–Crippen LogP) is 4.19. The lowest BCUT2D eigenvalue weighted by Gasteiger charge is -2.28. The van der Waals surface area contributed by atoms with Gasteiger partial charge in [0.2, 0.25) is 0 Å². The minimum absolute atomic E-state index is 0.153. The number of hydrogen-bond donors (Lipinski definition) is 1. The topological polar surface area (TPSA) is 73.9 Å². The number of nitrogens with one attached hydrogen (secondary N) is 1. The van der Waals surface area contributed by atoms with E-state index >= 15 is 0 Å². The third-order valence-corrected chi connectivity index (χ3v) is 4.62. The Bertz CT molecular complexity index is 650. The molecule has 0 bridgehead atoms. The molecule has 2 rings (SSSR count). The summed E-state index contributed by atoms with van der Waals surface area (Å²) >= 11 is 0. The highest BCUT2D eigenvalue weighted by Gasteiger charge is 2.42. The molecule has 1 fully saturated rings. The Hall–Kier alpha value is -2.08. The van der Waals surface area contributed by atoms with Crippen molar-refractivity contribution in [3.8, 4) is 5.75 Å². The molecule has 0 unspecified atom stereocenters. The molecule has 0 spiro atoms. The first-order chi connectivity index (χ1) is 12.9. The molecule has 1 amide bonds. The van der Waals surface area contributed by atoms with Gasteiger partial charge in [0, 0.05) is 12.3 Å². The Balaban J connectivity index is 2.19. The van der Waals surface area contributed by atoms with Gasteiger partial charge in [-0.1, -0.05) is 20.8 Å². The number of amides is 1. The van der Waals surface area contributed by atoms with Crippen LogP contribution in [0.15, 0.2) is 18.2 Å². The number of carbonyl (C=O) groups excluding carboxylic acids is 2. The van der Waals surface area contributed by atoms with Crippen molar-refractivity contribution in [3.63, 3.8) is 0 Å². The van der Waals surface area contributed by atoms with Crippen LogP contribution >= 0.6 is 0 Å². The first-order valence-electron chi connectivity index (χ1n) is 9.72. The molecule has 1 aromatic carbocycles. The lowest BCUT2D eigenvalue weighted by Crippen LogP contribution is -2.43. The summed E-state index contributed by atoms with van der Waals surface area (Å²) in [6, 6.07) is 5.03. The van der Waals surface area contributed by atoms with Crippen LogP contribution in [-0.4, -0.2) is 37.8 Å². The van der Waals surface area contributed by atoms with Crippen molar-refractivity contribution < 1.29 is 23.8 Å². The Morgan fingerprint density at radius 2 is 1.93 bits per heavy atom. The van der Waals surface area contributed by atoms with E-state index in [1.165, 1.54) is 7.11 Å². The van der Waals surface area contributed by atoms with Crippen LogP contribution in [0.4, 0.5) is 5.69 Å². The third-order valence-electron chi connectivity index (χ3n) is 4.62. The molecule has 0 radical (unpaired) electrons. The molecule has 150 valence electrons. The zero-order valence-corrected chi connectivity index (χ0v) is 16.8. The van der Waals surface area contributed by atoms with Gasteiger partial charge in [0.25, 0.3) is 5.91 Å². The van der Waals surface area contributed by atoms with Crippen molar-refractivity contribution >= 4 is 17.6 Å². The van der Waals surface area contributed by atoms with Gasteiger partial charge in [-0.3, -0.25) is 4.79 Å². The number of anilines is 1. The smallest absolute Gasteiger partial charge is 0.341 e. The number of ether oxygens (including phenoxy) is 3. The molecular formula is C21H31NO5. The molecule has 0 aromatic heterocycles. The summed E-state index contributed by atoms with van der Waals surface area (Å²) in [5.74, 6) is 0.127. The lowest BCUT2D eigenvalue weighted by molar-refractivity contribution is -0.140. The molecule has 0 atom stereocenters. The molecular weight excluding hydrogens is 346 g/mol. The van der Waals surface area contributed by atoms with Crippen LogP contribution in [0.5, 0.6) is 5.75 Å². The minimum Gasteiger partial charge on any atom is -0.492 e. The van der Waals surface area contributed by atoms with Gasteiger partial charge in [-0.15, -0.1) is 0 Å². The summed E-state index contributed by atoms with van der Waals surface area (Å²) in [7, 11) is 1.33. The highest BCUT2D eigenvalue weighted by Crippen LogP contribution is 2.35. The molecule has 0 aliphatic heterocycles. The van der Waals surface area contributed by atoms with Crippen LogP contribution in [0.3, 0.4) is 0 Å². The number of methoxy groups -OCH3 is 1. The van der Waals surface area contributed by atoms with E-state index in [4.69, 9.17) is 14.2 Å². The second kappa shape index (κ2) is 9.74. The van der Waals surface area contributed by atoms with Gasteiger partial charge < -0.3 is 19.5 Å². The normalized spacial score (nSPS) is 15.6. The zero-order chi connectivity index (χ0) is 19.9. The Morgan fingerprint density at radius 3 is 2.52 bits per heavy atom. The average molecular weight is 377 g/mol.